The zero-order valence-corrected chi connectivity index (χ0v) is 9.51. The van der Waals surface area contributed by atoms with Crippen LogP contribution in [0.25, 0.3) is 11.4 Å². The van der Waals surface area contributed by atoms with Gasteiger partial charge in [-0.1, -0.05) is 6.07 Å². The van der Waals surface area contributed by atoms with Crippen molar-refractivity contribution in [1.82, 2.24) is 15.2 Å². The number of nitrogens with one attached hydrogen (secondary N) is 1. The minimum atomic E-state index is -0.224. The fourth-order valence-electron chi connectivity index (χ4n) is 1.57. The highest BCUT2D eigenvalue weighted by Crippen LogP contribution is 2.19. The van der Waals surface area contributed by atoms with Crippen molar-refractivity contribution in [3.05, 3.63) is 36.2 Å². The summed E-state index contributed by atoms with van der Waals surface area (Å²) in [6.07, 6.45) is 4.37. The van der Waals surface area contributed by atoms with Gasteiger partial charge in [0.15, 0.2) is 0 Å². The summed E-state index contributed by atoms with van der Waals surface area (Å²) < 4.78 is 4.61. The molecule has 0 radical (unpaired) electrons. The van der Waals surface area contributed by atoms with Crippen LogP contribution in [0.15, 0.2) is 30.6 Å². The lowest BCUT2D eigenvalue weighted by Crippen LogP contribution is -2.02. The lowest BCUT2D eigenvalue weighted by atomic mass is 10.1. The van der Waals surface area contributed by atoms with Crippen LogP contribution in [0.2, 0.25) is 0 Å². The number of methoxy groups -OCH3 is 1. The van der Waals surface area contributed by atoms with Gasteiger partial charge in [-0.3, -0.25) is 14.9 Å². The molecular weight excluding hydrogens is 218 g/mol. The third-order valence-electron chi connectivity index (χ3n) is 2.47. The van der Waals surface area contributed by atoms with Crippen molar-refractivity contribution in [2.45, 2.75) is 12.8 Å². The van der Waals surface area contributed by atoms with Crippen LogP contribution >= 0.6 is 0 Å². The predicted molar refractivity (Wildman–Crippen MR) is 62.2 cm³/mol. The first-order valence-electron chi connectivity index (χ1n) is 5.31. The second-order valence-electron chi connectivity index (χ2n) is 3.56. The molecule has 0 saturated carbocycles. The third-order valence-corrected chi connectivity index (χ3v) is 2.47. The van der Waals surface area contributed by atoms with Crippen LogP contribution in [0, 0.1) is 0 Å². The van der Waals surface area contributed by atoms with Gasteiger partial charge >= 0.3 is 5.97 Å². The SMILES string of the molecule is COC(=O)CCc1cn[nH]c1-c1ccccn1. The number of hydrogen-bond acceptors (Lipinski definition) is 4. The number of ether oxygens (including phenoxy) is 1. The molecule has 2 heterocycles. The standard InChI is InChI=1S/C12H13N3O2/c1-17-11(16)6-5-9-8-14-15-12(9)10-4-2-3-7-13-10/h2-4,7-8H,5-6H2,1H3,(H,14,15). The second-order valence-corrected chi connectivity index (χ2v) is 3.56. The van der Waals surface area contributed by atoms with Crippen molar-refractivity contribution in [3.8, 4) is 11.4 Å². The third kappa shape index (κ3) is 2.69. The average Bonchev–Trinajstić information content (AvgIpc) is 2.85. The van der Waals surface area contributed by atoms with Crippen LogP contribution in [0.4, 0.5) is 0 Å². The van der Waals surface area contributed by atoms with E-state index in [2.05, 4.69) is 19.9 Å². The maximum atomic E-state index is 11.1. The normalized spacial score (nSPS) is 10.2. The number of aromatic amines is 1. The highest BCUT2D eigenvalue weighted by atomic mass is 16.5. The number of carbonyl (C=O) groups excluding carboxylic acids is 1. The van der Waals surface area contributed by atoms with E-state index in [-0.39, 0.29) is 5.97 Å². The summed E-state index contributed by atoms with van der Waals surface area (Å²) in [5.74, 6) is -0.224. The summed E-state index contributed by atoms with van der Waals surface area (Å²) in [7, 11) is 1.39. The molecule has 2 aromatic heterocycles. The zero-order valence-electron chi connectivity index (χ0n) is 9.51. The number of carbonyl (C=O) groups is 1. The Hall–Kier alpha value is -2.17. The Morgan fingerprint density at radius 2 is 2.35 bits per heavy atom. The molecule has 88 valence electrons. The van der Waals surface area contributed by atoms with E-state index in [4.69, 9.17) is 0 Å². The Kier molecular flexibility index (Phi) is 3.49. The quantitative estimate of drug-likeness (QED) is 0.811. The van der Waals surface area contributed by atoms with Crippen LogP contribution < -0.4 is 0 Å². The van der Waals surface area contributed by atoms with Crippen LogP contribution in [0.5, 0.6) is 0 Å². The first kappa shape index (κ1) is 11.3. The van der Waals surface area contributed by atoms with Gasteiger partial charge in [0.05, 0.1) is 24.7 Å². The Labute approximate surface area is 98.8 Å². The zero-order chi connectivity index (χ0) is 12.1. The fourth-order valence-corrected chi connectivity index (χ4v) is 1.57. The minimum absolute atomic E-state index is 0.224. The number of nitrogens with zero attached hydrogens (tertiary/aromatic N) is 2. The van der Waals surface area contributed by atoms with E-state index < -0.39 is 0 Å². The Balaban J connectivity index is 2.15. The monoisotopic (exact) mass is 231 g/mol. The molecule has 0 fully saturated rings. The van der Waals surface area contributed by atoms with Crippen LogP contribution in [0.1, 0.15) is 12.0 Å². The Morgan fingerprint density at radius 3 is 3.06 bits per heavy atom. The Morgan fingerprint density at radius 1 is 1.47 bits per heavy atom. The molecule has 0 aromatic carbocycles. The van der Waals surface area contributed by atoms with Crippen molar-refractivity contribution < 1.29 is 9.53 Å². The molecule has 2 rings (SSSR count). The molecule has 2 aromatic rings. The number of aryl methyl sites for hydroxylation is 1. The second kappa shape index (κ2) is 5.25. The van der Waals surface area contributed by atoms with Gasteiger partial charge in [0.25, 0.3) is 0 Å². The van der Waals surface area contributed by atoms with Crippen LogP contribution in [-0.4, -0.2) is 28.3 Å². The van der Waals surface area contributed by atoms with Gasteiger partial charge < -0.3 is 4.74 Å². The van der Waals surface area contributed by atoms with E-state index >= 15 is 0 Å². The molecule has 0 amide bonds. The predicted octanol–water partition coefficient (Wildman–Crippen LogP) is 1.58. The van der Waals surface area contributed by atoms with Gasteiger partial charge in [-0.2, -0.15) is 5.10 Å². The summed E-state index contributed by atoms with van der Waals surface area (Å²) in [5.41, 5.74) is 2.65. The van der Waals surface area contributed by atoms with Crippen molar-refractivity contribution in [1.29, 1.82) is 0 Å². The Bertz CT molecular complexity index is 493. The summed E-state index contributed by atoms with van der Waals surface area (Å²) in [6.45, 7) is 0. The largest absolute Gasteiger partial charge is 0.469 e. The highest BCUT2D eigenvalue weighted by Gasteiger charge is 2.10. The van der Waals surface area contributed by atoms with Gasteiger partial charge in [0.1, 0.15) is 0 Å². The number of aromatic nitrogens is 3. The number of H-pyrrole nitrogens is 1. The van der Waals surface area contributed by atoms with Gasteiger partial charge in [0, 0.05) is 12.6 Å². The van der Waals surface area contributed by atoms with Gasteiger partial charge in [-0.15, -0.1) is 0 Å². The molecular formula is C12H13N3O2. The summed E-state index contributed by atoms with van der Waals surface area (Å²) >= 11 is 0. The number of rotatable bonds is 4. The van der Waals surface area contributed by atoms with Crippen molar-refractivity contribution in [2.24, 2.45) is 0 Å². The molecule has 0 bridgehead atoms. The maximum Gasteiger partial charge on any atom is 0.305 e. The molecule has 0 aliphatic rings. The van der Waals surface area contributed by atoms with Crippen molar-refractivity contribution in [3.63, 3.8) is 0 Å². The molecule has 5 heteroatoms. The topological polar surface area (TPSA) is 67.9 Å². The molecule has 1 N–H and O–H groups in total. The molecule has 5 nitrogen and oxygen atoms in total. The smallest absolute Gasteiger partial charge is 0.305 e. The lowest BCUT2D eigenvalue weighted by molar-refractivity contribution is -0.140. The summed E-state index contributed by atoms with van der Waals surface area (Å²) in [5, 5.41) is 6.88. The van der Waals surface area contributed by atoms with Gasteiger partial charge in [0.2, 0.25) is 0 Å². The first-order valence-corrected chi connectivity index (χ1v) is 5.31. The van der Waals surface area contributed by atoms with E-state index in [1.54, 1.807) is 12.4 Å². The average molecular weight is 231 g/mol. The van der Waals surface area contributed by atoms with Crippen molar-refractivity contribution >= 4 is 5.97 Å². The molecule has 0 atom stereocenters. The van der Waals surface area contributed by atoms with E-state index in [1.807, 2.05) is 18.2 Å². The molecule has 0 spiro atoms. The van der Waals surface area contributed by atoms with E-state index in [0.717, 1.165) is 17.0 Å². The van der Waals surface area contributed by atoms with Gasteiger partial charge in [-0.05, 0) is 24.1 Å². The first-order chi connectivity index (χ1) is 8.31. The molecule has 0 aliphatic heterocycles. The minimum Gasteiger partial charge on any atom is -0.469 e. The van der Waals surface area contributed by atoms with Crippen LogP contribution in [0.3, 0.4) is 0 Å². The fraction of sp³-hybridized carbons (Fsp3) is 0.250. The van der Waals surface area contributed by atoms with E-state index in [0.29, 0.717) is 12.8 Å². The van der Waals surface area contributed by atoms with E-state index in [1.165, 1.54) is 7.11 Å². The van der Waals surface area contributed by atoms with Crippen molar-refractivity contribution in [2.75, 3.05) is 7.11 Å². The van der Waals surface area contributed by atoms with E-state index in [9.17, 15) is 4.79 Å². The lowest BCUT2D eigenvalue weighted by Gasteiger charge is -2.01. The molecule has 0 unspecified atom stereocenters. The highest BCUT2D eigenvalue weighted by molar-refractivity contribution is 5.70. The maximum absolute atomic E-state index is 11.1. The number of esters is 1. The van der Waals surface area contributed by atoms with Crippen LogP contribution in [-0.2, 0) is 16.0 Å². The number of hydrogen-bond donors (Lipinski definition) is 1. The summed E-state index contributed by atoms with van der Waals surface area (Å²) in [6, 6.07) is 5.66. The molecule has 17 heavy (non-hydrogen) atoms. The number of pyridine rings is 1. The molecule has 0 saturated heterocycles. The van der Waals surface area contributed by atoms with Gasteiger partial charge in [-0.25, -0.2) is 0 Å². The summed E-state index contributed by atoms with van der Waals surface area (Å²) in [4.78, 5) is 15.3. The molecule has 0 aliphatic carbocycles.